The monoisotopic (exact) mass is 373 g/mol. The topological polar surface area (TPSA) is 69.7 Å². The minimum absolute atomic E-state index is 0.1000. The Morgan fingerprint density at radius 1 is 1.12 bits per heavy atom. The maximum Gasteiger partial charge on any atom is 0.304 e. The summed E-state index contributed by atoms with van der Waals surface area (Å²) in [5.41, 5.74) is -0.156. The summed E-state index contributed by atoms with van der Waals surface area (Å²) in [6.45, 7) is 7.44. The van der Waals surface area contributed by atoms with Crippen LogP contribution in [0.1, 0.15) is 27.7 Å². The molecule has 1 rings (SSSR count). The van der Waals surface area contributed by atoms with Gasteiger partial charge in [-0.25, -0.2) is 8.70 Å². The molecule has 1 N–H and O–H groups in total. The minimum atomic E-state index is -4.02. The first-order valence-corrected chi connectivity index (χ1v) is 9.62. The molecule has 0 unspecified atom stereocenters. The van der Waals surface area contributed by atoms with Crippen molar-refractivity contribution in [2.75, 3.05) is 24.9 Å². The van der Waals surface area contributed by atoms with Gasteiger partial charge >= 0.3 is 10.2 Å². The Labute approximate surface area is 150 Å². The highest BCUT2D eigenvalue weighted by molar-refractivity contribution is 7.90. The van der Waals surface area contributed by atoms with Gasteiger partial charge in [0.2, 0.25) is 5.91 Å². The Bertz CT molecular complexity index is 682. The lowest BCUT2D eigenvalue weighted by Crippen LogP contribution is -2.50. The lowest BCUT2D eigenvalue weighted by atomic mass is 9.93. The van der Waals surface area contributed by atoms with E-state index in [1.54, 1.807) is 0 Å². The van der Waals surface area contributed by atoms with E-state index in [-0.39, 0.29) is 23.6 Å². The summed E-state index contributed by atoms with van der Waals surface area (Å²) in [5, 5.41) is 2.86. The SMILES string of the molecule is CC(C)C(NC(=O)CN(c1ccccc1F)S(=O)(=O)N(C)C)C(C)C. The number of anilines is 1. The van der Waals surface area contributed by atoms with Gasteiger partial charge in [0.15, 0.2) is 0 Å². The summed E-state index contributed by atoms with van der Waals surface area (Å²) in [6, 6.07) is 5.40. The average molecular weight is 373 g/mol. The van der Waals surface area contributed by atoms with Crippen LogP contribution < -0.4 is 9.62 Å². The number of carbonyl (C=O) groups excluding carboxylic acids is 1. The molecule has 0 aliphatic rings. The van der Waals surface area contributed by atoms with Crippen molar-refractivity contribution in [3.8, 4) is 0 Å². The molecule has 0 saturated heterocycles. The zero-order valence-electron chi connectivity index (χ0n) is 15.7. The summed E-state index contributed by atoms with van der Waals surface area (Å²) < 4.78 is 41.0. The van der Waals surface area contributed by atoms with Crippen molar-refractivity contribution in [2.45, 2.75) is 33.7 Å². The van der Waals surface area contributed by atoms with Crippen molar-refractivity contribution in [2.24, 2.45) is 11.8 Å². The van der Waals surface area contributed by atoms with Gasteiger partial charge in [0, 0.05) is 20.1 Å². The zero-order chi connectivity index (χ0) is 19.4. The Hall–Kier alpha value is -1.67. The maximum atomic E-state index is 14.1. The molecule has 6 nitrogen and oxygen atoms in total. The highest BCUT2D eigenvalue weighted by Crippen LogP contribution is 2.23. The van der Waals surface area contributed by atoms with Crippen LogP contribution in [0.3, 0.4) is 0 Å². The molecule has 0 spiro atoms. The fourth-order valence-electron chi connectivity index (χ4n) is 2.61. The smallest absolute Gasteiger partial charge is 0.304 e. The zero-order valence-corrected chi connectivity index (χ0v) is 16.5. The van der Waals surface area contributed by atoms with Crippen LogP contribution in [0.4, 0.5) is 10.1 Å². The van der Waals surface area contributed by atoms with Crippen LogP contribution in [0, 0.1) is 17.7 Å². The molecule has 0 atom stereocenters. The van der Waals surface area contributed by atoms with Crippen molar-refractivity contribution in [1.29, 1.82) is 0 Å². The van der Waals surface area contributed by atoms with Crippen molar-refractivity contribution in [1.82, 2.24) is 9.62 Å². The fraction of sp³-hybridized carbons (Fsp3) is 0.588. The molecule has 0 radical (unpaired) electrons. The van der Waals surface area contributed by atoms with Gasteiger partial charge in [-0.05, 0) is 24.0 Å². The summed E-state index contributed by atoms with van der Waals surface area (Å²) in [4.78, 5) is 12.5. The first-order chi connectivity index (χ1) is 11.5. The Balaban J connectivity index is 3.15. The first kappa shape index (κ1) is 21.4. The Morgan fingerprint density at radius 3 is 2.08 bits per heavy atom. The van der Waals surface area contributed by atoms with Gasteiger partial charge in [-0.15, -0.1) is 0 Å². The highest BCUT2D eigenvalue weighted by atomic mass is 32.2. The largest absolute Gasteiger partial charge is 0.351 e. The van der Waals surface area contributed by atoms with Crippen LogP contribution in [0.15, 0.2) is 24.3 Å². The predicted octanol–water partition coefficient (Wildman–Crippen LogP) is 2.24. The molecule has 0 saturated carbocycles. The number of nitrogens with zero attached hydrogens (tertiary/aromatic N) is 2. The second kappa shape index (κ2) is 8.62. The third-order valence-corrected chi connectivity index (χ3v) is 5.72. The second-order valence-corrected chi connectivity index (χ2v) is 8.90. The summed E-state index contributed by atoms with van der Waals surface area (Å²) in [5.74, 6) is -0.793. The molecule has 0 bridgehead atoms. The average Bonchev–Trinajstić information content (AvgIpc) is 2.50. The van der Waals surface area contributed by atoms with Crippen molar-refractivity contribution in [3.05, 3.63) is 30.1 Å². The van der Waals surface area contributed by atoms with Gasteiger partial charge in [-0.3, -0.25) is 4.79 Å². The fourth-order valence-corrected chi connectivity index (χ4v) is 3.68. The number of nitrogens with one attached hydrogen (secondary N) is 1. The molecule has 0 fully saturated rings. The van der Waals surface area contributed by atoms with E-state index in [2.05, 4.69) is 5.32 Å². The minimum Gasteiger partial charge on any atom is -0.351 e. The maximum absolute atomic E-state index is 14.1. The van der Waals surface area contributed by atoms with Crippen LogP contribution in [0.2, 0.25) is 0 Å². The third kappa shape index (κ3) is 5.40. The van der Waals surface area contributed by atoms with Gasteiger partial charge in [-0.2, -0.15) is 12.7 Å². The van der Waals surface area contributed by atoms with Gasteiger partial charge in [-0.1, -0.05) is 39.8 Å². The van der Waals surface area contributed by atoms with Gasteiger partial charge in [0.05, 0.1) is 5.69 Å². The number of carbonyl (C=O) groups is 1. The van der Waals surface area contributed by atoms with Gasteiger partial charge in [0.25, 0.3) is 0 Å². The van der Waals surface area contributed by atoms with E-state index in [0.717, 1.165) is 14.7 Å². The highest BCUT2D eigenvalue weighted by Gasteiger charge is 2.30. The number of hydrogen-bond donors (Lipinski definition) is 1. The standard InChI is InChI=1S/C17H28FN3O3S/c1-12(2)17(13(3)4)19-16(22)11-21(25(23,24)20(5)6)15-10-8-7-9-14(15)18/h7-10,12-13,17H,11H2,1-6H3,(H,19,22). The molecule has 0 aliphatic carbocycles. The van der Waals surface area contributed by atoms with Crippen LogP contribution >= 0.6 is 0 Å². The molecule has 0 aliphatic heterocycles. The lowest BCUT2D eigenvalue weighted by Gasteiger charge is -2.30. The van der Waals surface area contributed by atoms with E-state index in [9.17, 15) is 17.6 Å². The van der Waals surface area contributed by atoms with Crippen LogP contribution in [0.25, 0.3) is 0 Å². The van der Waals surface area contributed by atoms with E-state index >= 15 is 0 Å². The molecule has 0 aromatic heterocycles. The summed E-state index contributed by atoms with van der Waals surface area (Å²) in [7, 11) is -1.34. The normalized spacial score (nSPS) is 12.3. The Morgan fingerprint density at radius 2 is 1.64 bits per heavy atom. The number of amides is 1. The lowest BCUT2D eigenvalue weighted by molar-refractivity contribution is -0.121. The third-order valence-electron chi connectivity index (χ3n) is 3.91. The molecule has 1 aromatic rings. The van der Waals surface area contributed by atoms with Gasteiger partial charge < -0.3 is 5.32 Å². The number of rotatable bonds is 8. The summed E-state index contributed by atoms with van der Waals surface area (Å²) >= 11 is 0. The van der Waals surface area contributed by atoms with Crippen LogP contribution in [-0.2, 0) is 15.0 Å². The molecule has 0 heterocycles. The molecule has 25 heavy (non-hydrogen) atoms. The van der Waals surface area contributed by atoms with E-state index in [1.807, 2.05) is 27.7 Å². The molecular formula is C17H28FN3O3S. The molecule has 8 heteroatoms. The second-order valence-electron chi connectivity index (χ2n) is 6.83. The van der Waals surface area contributed by atoms with Crippen LogP contribution in [-0.4, -0.2) is 45.3 Å². The Kier molecular flexibility index (Phi) is 7.37. The van der Waals surface area contributed by atoms with E-state index in [0.29, 0.717) is 0 Å². The molecule has 142 valence electrons. The predicted molar refractivity (Wildman–Crippen MR) is 98.0 cm³/mol. The quantitative estimate of drug-likeness (QED) is 0.760. The molecule has 1 amide bonds. The van der Waals surface area contributed by atoms with Crippen LogP contribution in [0.5, 0.6) is 0 Å². The van der Waals surface area contributed by atoms with E-state index in [1.165, 1.54) is 32.3 Å². The number of benzene rings is 1. The van der Waals surface area contributed by atoms with Crippen molar-refractivity contribution < 1.29 is 17.6 Å². The molecular weight excluding hydrogens is 345 g/mol. The summed E-state index contributed by atoms with van der Waals surface area (Å²) in [6.07, 6.45) is 0. The van der Waals surface area contributed by atoms with Crippen molar-refractivity contribution in [3.63, 3.8) is 0 Å². The number of hydrogen-bond acceptors (Lipinski definition) is 3. The van der Waals surface area contributed by atoms with E-state index in [4.69, 9.17) is 0 Å². The van der Waals surface area contributed by atoms with Crippen molar-refractivity contribution >= 4 is 21.8 Å². The first-order valence-electron chi connectivity index (χ1n) is 8.22. The molecule has 1 aromatic carbocycles. The number of halogens is 1. The van der Waals surface area contributed by atoms with E-state index < -0.39 is 28.5 Å². The number of para-hydroxylation sites is 1. The van der Waals surface area contributed by atoms with Gasteiger partial charge in [0.1, 0.15) is 12.4 Å².